The fourth-order valence-electron chi connectivity index (χ4n) is 1.80. The second kappa shape index (κ2) is 6.34. The molecule has 0 aliphatic carbocycles. The minimum absolute atomic E-state index is 0.106. The predicted molar refractivity (Wildman–Crippen MR) is 76.6 cm³/mol. The van der Waals surface area contributed by atoms with Crippen molar-refractivity contribution in [2.24, 2.45) is 0 Å². The minimum atomic E-state index is -0.357. The Morgan fingerprint density at radius 1 is 1.25 bits per heavy atom. The molecule has 0 unspecified atom stereocenters. The van der Waals surface area contributed by atoms with Crippen LogP contribution in [0.2, 0.25) is 0 Å². The van der Waals surface area contributed by atoms with Crippen molar-refractivity contribution in [3.05, 3.63) is 41.0 Å². The number of anilines is 1. The summed E-state index contributed by atoms with van der Waals surface area (Å²) >= 11 is 0. The van der Waals surface area contributed by atoms with Crippen LogP contribution in [-0.2, 0) is 9.53 Å². The van der Waals surface area contributed by atoms with E-state index in [1.807, 2.05) is 6.92 Å². The number of hydrogen-bond donors (Lipinski definition) is 2. The molecular weight excluding hydrogens is 256 g/mol. The minimum Gasteiger partial charge on any atom is -0.462 e. The van der Waals surface area contributed by atoms with Crippen LogP contribution in [0.25, 0.3) is 0 Å². The summed E-state index contributed by atoms with van der Waals surface area (Å²) in [4.78, 5) is 23.5. The molecule has 1 fully saturated rings. The Bertz CT molecular complexity index is 541. The van der Waals surface area contributed by atoms with Gasteiger partial charge in [-0.2, -0.15) is 0 Å². The second-order valence-electron chi connectivity index (χ2n) is 4.58. The molecule has 0 aromatic heterocycles. The molecule has 0 atom stereocenters. The van der Waals surface area contributed by atoms with Gasteiger partial charge in [-0.1, -0.05) is 0 Å². The highest BCUT2D eigenvalue weighted by atomic mass is 16.5. The summed E-state index contributed by atoms with van der Waals surface area (Å²) in [6, 6.07) is 6.67. The summed E-state index contributed by atoms with van der Waals surface area (Å²) in [5.41, 5.74) is 3.02. The Balaban J connectivity index is 2.00. The topological polar surface area (TPSA) is 67.4 Å². The van der Waals surface area contributed by atoms with Crippen LogP contribution in [0.4, 0.5) is 5.69 Å². The van der Waals surface area contributed by atoms with Crippen LogP contribution in [0, 0.1) is 0 Å². The van der Waals surface area contributed by atoms with E-state index in [2.05, 4.69) is 10.6 Å². The fourth-order valence-corrected chi connectivity index (χ4v) is 1.80. The van der Waals surface area contributed by atoms with Crippen LogP contribution >= 0.6 is 0 Å². The zero-order chi connectivity index (χ0) is 14.5. The maximum absolute atomic E-state index is 12.0. The monoisotopic (exact) mass is 274 g/mol. The normalized spacial score (nSPS) is 13.4. The molecule has 1 heterocycles. The smallest absolute Gasteiger partial charge is 0.338 e. The molecule has 0 radical (unpaired) electrons. The Kier molecular flexibility index (Phi) is 4.53. The van der Waals surface area contributed by atoms with Gasteiger partial charge in [0.25, 0.3) is 5.91 Å². The molecule has 2 N–H and O–H groups in total. The Morgan fingerprint density at radius 2 is 1.90 bits per heavy atom. The summed E-state index contributed by atoms with van der Waals surface area (Å²) in [5.74, 6) is -0.463. The van der Waals surface area contributed by atoms with E-state index < -0.39 is 0 Å². The fraction of sp³-hybridized carbons (Fsp3) is 0.333. The molecule has 1 aliphatic heterocycles. The number of esters is 1. The third kappa shape index (κ3) is 3.24. The number of amides is 1. The average Bonchev–Trinajstić information content (AvgIpc) is 2.37. The standard InChI is InChI=1S/C15H18N2O3/c1-3-20-15(19)11-4-6-13(7-5-11)17-14(18)10(2)12-8-16-9-12/h4-7,16H,3,8-9H2,1-2H3,(H,17,18). The van der Waals surface area contributed by atoms with Gasteiger partial charge in [-0.15, -0.1) is 0 Å². The van der Waals surface area contributed by atoms with Crippen molar-refractivity contribution in [1.82, 2.24) is 5.32 Å². The van der Waals surface area contributed by atoms with E-state index in [0.29, 0.717) is 17.9 Å². The largest absolute Gasteiger partial charge is 0.462 e. The van der Waals surface area contributed by atoms with Gasteiger partial charge in [0, 0.05) is 24.4 Å². The quantitative estimate of drug-likeness (QED) is 0.648. The molecule has 0 spiro atoms. The van der Waals surface area contributed by atoms with Gasteiger partial charge in [0.15, 0.2) is 0 Å². The van der Waals surface area contributed by atoms with Crippen LogP contribution in [0.5, 0.6) is 0 Å². The highest BCUT2D eigenvalue weighted by molar-refractivity contribution is 6.04. The Hall–Kier alpha value is -2.14. The number of hydrogen-bond acceptors (Lipinski definition) is 4. The van der Waals surface area contributed by atoms with Gasteiger partial charge in [-0.05, 0) is 43.7 Å². The second-order valence-corrected chi connectivity index (χ2v) is 4.58. The molecule has 2 rings (SSSR count). The maximum Gasteiger partial charge on any atom is 0.338 e. The summed E-state index contributed by atoms with van der Waals surface area (Å²) in [6.45, 7) is 5.48. The molecule has 106 valence electrons. The number of ether oxygens (including phenoxy) is 1. The third-order valence-corrected chi connectivity index (χ3v) is 3.20. The number of rotatable bonds is 4. The van der Waals surface area contributed by atoms with Crippen molar-refractivity contribution in [2.75, 3.05) is 25.0 Å². The zero-order valence-corrected chi connectivity index (χ0v) is 11.7. The predicted octanol–water partition coefficient (Wildman–Crippen LogP) is 1.72. The van der Waals surface area contributed by atoms with E-state index >= 15 is 0 Å². The average molecular weight is 274 g/mol. The van der Waals surface area contributed by atoms with Gasteiger partial charge < -0.3 is 15.4 Å². The number of carbonyl (C=O) groups is 2. The highest BCUT2D eigenvalue weighted by Crippen LogP contribution is 2.14. The third-order valence-electron chi connectivity index (χ3n) is 3.20. The molecule has 5 nitrogen and oxygen atoms in total. The van der Waals surface area contributed by atoms with E-state index in [1.54, 1.807) is 31.2 Å². The summed E-state index contributed by atoms with van der Waals surface area (Å²) < 4.78 is 4.90. The molecule has 0 saturated carbocycles. The van der Waals surface area contributed by atoms with Crippen molar-refractivity contribution >= 4 is 17.6 Å². The first kappa shape index (κ1) is 14.3. The van der Waals surface area contributed by atoms with E-state index in [-0.39, 0.29) is 11.9 Å². The number of carbonyl (C=O) groups excluding carboxylic acids is 2. The summed E-state index contributed by atoms with van der Waals surface area (Å²) in [7, 11) is 0. The van der Waals surface area contributed by atoms with Crippen LogP contribution in [0.1, 0.15) is 24.2 Å². The first-order valence-electron chi connectivity index (χ1n) is 6.59. The maximum atomic E-state index is 12.0. The molecule has 1 amide bonds. The zero-order valence-electron chi connectivity index (χ0n) is 11.7. The lowest BCUT2D eigenvalue weighted by molar-refractivity contribution is -0.112. The molecule has 1 aliphatic rings. The van der Waals surface area contributed by atoms with Crippen molar-refractivity contribution in [3.63, 3.8) is 0 Å². The lowest BCUT2D eigenvalue weighted by Gasteiger charge is -2.21. The van der Waals surface area contributed by atoms with Crippen molar-refractivity contribution in [3.8, 4) is 0 Å². The van der Waals surface area contributed by atoms with Crippen LogP contribution in [0.15, 0.2) is 35.4 Å². The van der Waals surface area contributed by atoms with Gasteiger partial charge in [-0.3, -0.25) is 4.79 Å². The van der Waals surface area contributed by atoms with Gasteiger partial charge in [0.05, 0.1) is 12.2 Å². The SMILES string of the molecule is CCOC(=O)c1ccc(NC(=O)C(C)=C2CNC2)cc1. The molecular formula is C15H18N2O3. The van der Waals surface area contributed by atoms with E-state index in [0.717, 1.165) is 24.2 Å². The molecule has 20 heavy (non-hydrogen) atoms. The van der Waals surface area contributed by atoms with Crippen molar-refractivity contribution in [2.45, 2.75) is 13.8 Å². The highest BCUT2D eigenvalue weighted by Gasteiger charge is 2.16. The van der Waals surface area contributed by atoms with Crippen LogP contribution in [-0.4, -0.2) is 31.6 Å². The van der Waals surface area contributed by atoms with E-state index in [1.165, 1.54) is 0 Å². The lowest BCUT2D eigenvalue weighted by atomic mass is 10.0. The molecule has 1 aromatic carbocycles. The summed E-state index contributed by atoms with van der Waals surface area (Å²) in [5, 5.41) is 5.92. The lowest BCUT2D eigenvalue weighted by Crippen LogP contribution is -2.36. The van der Waals surface area contributed by atoms with Gasteiger partial charge in [0.1, 0.15) is 0 Å². The van der Waals surface area contributed by atoms with Crippen LogP contribution < -0.4 is 10.6 Å². The van der Waals surface area contributed by atoms with E-state index in [9.17, 15) is 9.59 Å². The molecule has 1 aromatic rings. The first-order valence-corrected chi connectivity index (χ1v) is 6.59. The Labute approximate surface area is 118 Å². The molecule has 5 heteroatoms. The van der Waals surface area contributed by atoms with Crippen molar-refractivity contribution in [1.29, 1.82) is 0 Å². The Morgan fingerprint density at radius 3 is 2.40 bits per heavy atom. The molecule has 0 bridgehead atoms. The summed E-state index contributed by atoms with van der Waals surface area (Å²) in [6.07, 6.45) is 0. The van der Waals surface area contributed by atoms with E-state index in [4.69, 9.17) is 4.74 Å². The number of nitrogens with one attached hydrogen (secondary N) is 2. The number of benzene rings is 1. The molecule has 1 saturated heterocycles. The van der Waals surface area contributed by atoms with Gasteiger partial charge in [0.2, 0.25) is 0 Å². The first-order chi connectivity index (χ1) is 9.61. The van der Waals surface area contributed by atoms with Crippen molar-refractivity contribution < 1.29 is 14.3 Å². The van der Waals surface area contributed by atoms with Crippen LogP contribution in [0.3, 0.4) is 0 Å². The van der Waals surface area contributed by atoms with Gasteiger partial charge in [-0.25, -0.2) is 4.79 Å². The van der Waals surface area contributed by atoms with Gasteiger partial charge >= 0.3 is 5.97 Å².